The number of fused-ring (bicyclic) bond motifs is 6. The molecular formula is C50H34N4O. The molecular weight excluding hydrogens is 673 g/mol. The van der Waals surface area contributed by atoms with Crippen LogP contribution in [0.15, 0.2) is 170 Å². The second kappa shape index (κ2) is 13.3. The highest BCUT2D eigenvalue weighted by Crippen LogP contribution is 2.33. The molecule has 0 saturated heterocycles. The van der Waals surface area contributed by atoms with Crippen molar-refractivity contribution in [1.82, 2.24) is 19.9 Å². The molecule has 0 bridgehead atoms. The molecule has 0 saturated carbocycles. The van der Waals surface area contributed by atoms with Crippen LogP contribution in [0.5, 0.6) is 11.5 Å². The van der Waals surface area contributed by atoms with Gasteiger partial charge < -0.3 is 4.74 Å². The van der Waals surface area contributed by atoms with Gasteiger partial charge in [0.05, 0.1) is 44.8 Å². The van der Waals surface area contributed by atoms with Crippen LogP contribution in [0.2, 0.25) is 0 Å². The number of rotatable bonds is 6. The number of pyridine rings is 4. The zero-order chi connectivity index (χ0) is 36.9. The highest BCUT2D eigenvalue weighted by atomic mass is 16.5. The fourth-order valence-electron chi connectivity index (χ4n) is 7.15. The van der Waals surface area contributed by atoms with Crippen molar-refractivity contribution in [3.63, 3.8) is 0 Å². The summed E-state index contributed by atoms with van der Waals surface area (Å²) in [7, 11) is 0. The smallest absolute Gasteiger partial charge is 0.127 e. The molecule has 0 fully saturated rings. The third kappa shape index (κ3) is 6.22. The van der Waals surface area contributed by atoms with Crippen LogP contribution >= 0.6 is 0 Å². The van der Waals surface area contributed by atoms with Crippen molar-refractivity contribution in [2.45, 2.75) is 13.8 Å². The quantitative estimate of drug-likeness (QED) is 0.161. The molecule has 0 aliphatic carbocycles. The highest BCUT2D eigenvalue weighted by Gasteiger charge is 2.12. The van der Waals surface area contributed by atoms with E-state index >= 15 is 0 Å². The summed E-state index contributed by atoms with van der Waals surface area (Å²) in [5.74, 6) is 1.50. The van der Waals surface area contributed by atoms with Gasteiger partial charge in [0.2, 0.25) is 0 Å². The van der Waals surface area contributed by atoms with E-state index in [1.54, 1.807) is 0 Å². The van der Waals surface area contributed by atoms with E-state index in [-0.39, 0.29) is 0 Å². The lowest BCUT2D eigenvalue weighted by Crippen LogP contribution is -1.92. The first-order valence-electron chi connectivity index (χ1n) is 18.4. The van der Waals surface area contributed by atoms with Crippen LogP contribution in [-0.2, 0) is 0 Å². The molecule has 0 unspecified atom stereocenters. The molecule has 55 heavy (non-hydrogen) atoms. The Kier molecular flexibility index (Phi) is 7.85. The Bertz CT molecular complexity index is 2840. The van der Waals surface area contributed by atoms with Crippen molar-refractivity contribution >= 4 is 43.6 Å². The van der Waals surface area contributed by atoms with E-state index in [1.165, 1.54) is 11.1 Å². The summed E-state index contributed by atoms with van der Waals surface area (Å²) in [6.45, 7) is 4.19. The van der Waals surface area contributed by atoms with Crippen LogP contribution in [0.3, 0.4) is 0 Å². The predicted molar refractivity (Wildman–Crippen MR) is 225 cm³/mol. The number of aromatic nitrogens is 4. The van der Waals surface area contributed by atoms with Crippen LogP contribution < -0.4 is 4.74 Å². The van der Waals surface area contributed by atoms with E-state index in [1.807, 2.05) is 24.3 Å². The Labute approximate surface area is 318 Å². The van der Waals surface area contributed by atoms with Gasteiger partial charge in [-0.05, 0) is 86.6 Å². The number of benzene rings is 6. The standard InChI is InChI=1S/C50H34N4O/c1-31-3-7-33(8-4-31)43-27-19-37-11-13-39-21-29-45(53-49(39)47(37)51-43)35-15-23-41(24-16-35)55-42-25-17-36(18-26-42)46-30-22-40-14-12-38-20-28-44(52-48(38)50(40)54-46)34-9-5-32(2)6-10-34/h3-30H,1-2H3. The van der Waals surface area contributed by atoms with E-state index in [0.717, 1.165) is 100 Å². The molecule has 0 aliphatic heterocycles. The Hall–Kier alpha value is -7.24. The lowest BCUT2D eigenvalue weighted by atomic mass is 10.0. The maximum atomic E-state index is 6.28. The molecule has 0 N–H and O–H groups in total. The first kappa shape index (κ1) is 32.4. The van der Waals surface area contributed by atoms with Crippen molar-refractivity contribution in [3.05, 3.63) is 181 Å². The molecule has 10 aromatic rings. The minimum atomic E-state index is 0.748. The summed E-state index contributed by atoms with van der Waals surface area (Å²) in [4.78, 5) is 20.4. The minimum absolute atomic E-state index is 0.748. The fraction of sp³-hybridized carbons (Fsp3) is 0.0400. The zero-order valence-electron chi connectivity index (χ0n) is 30.4. The van der Waals surface area contributed by atoms with E-state index in [9.17, 15) is 0 Å². The van der Waals surface area contributed by atoms with Crippen LogP contribution in [0.25, 0.3) is 88.6 Å². The summed E-state index contributed by atoms with van der Waals surface area (Å²) >= 11 is 0. The molecule has 4 aromatic heterocycles. The number of ether oxygens (including phenoxy) is 1. The first-order valence-corrected chi connectivity index (χ1v) is 18.4. The minimum Gasteiger partial charge on any atom is -0.457 e. The Balaban J connectivity index is 0.897. The van der Waals surface area contributed by atoms with Gasteiger partial charge in [0.1, 0.15) is 11.5 Å². The van der Waals surface area contributed by atoms with Gasteiger partial charge in [-0.15, -0.1) is 0 Å². The van der Waals surface area contributed by atoms with Gasteiger partial charge in [0, 0.05) is 43.8 Å². The maximum Gasteiger partial charge on any atom is 0.127 e. The van der Waals surface area contributed by atoms with Gasteiger partial charge in [0.15, 0.2) is 0 Å². The first-order chi connectivity index (χ1) is 27.0. The summed E-state index contributed by atoms with van der Waals surface area (Å²) in [6, 6.07) is 58.3. The van der Waals surface area contributed by atoms with E-state index in [4.69, 9.17) is 24.7 Å². The highest BCUT2D eigenvalue weighted by molar-refractivity contribution is 6.05. The van der Waals surface area contributed by atoms with Gasteiger partial charge in [0.25, 0.3) is 0 Å². The average molecular weight is 707 g/mol. The summed E-state index contributed by atoms with van der Waals surface area (Å²) in [6.07, 6.45) is 0. The summed E-state index contributed by atoms with van der Waals surface area (Å²) in [5.41, 5.74) is 13.9. The Morgan fingerprint density at radius 1 is 0.273 bits per heavy atom. The monoisotopic (exact) mass is 706 g/mol. The van der Waals surface area contributed by atoms with Crippen molar-refractivity contribution in [2.24, 2.45) is 0 Å². The van der Waals surface area contributed by atoms with E-state index < -0.39 is 0 Å². The van der Waals surface area contributed by atoms with Crippen LogP contribution in [0.1, 0.15) is 11.1 Å². The van der Waals surface area contributed by atoms with Gasteiger partial charge in [-0.1, -0.05) is 108 Å². The van der Waals surface area contributed by atoms with Gasteiger partial charge in [-0.2, -0.15) is 0 Å². The van der Waals surface area contributed by atoms with Gasteiger partial charge in [-0.3, -0.25) is 0 Å². The number of nitrogens with zero attached hydrogens (tertiary/aromatic N) is 4. The van der Waals surface area contributed by atoms with Crippen LogP contribution in [-0.4, -0.2) is 19.9 Å². The molecule has 6 aromatic carbocycles. The molecule has 0 atom stereocenters. The molecule has 5 heteroatoms. The molecule has 0 amide bonds. The number of hydrogen-bond acceptors (Lipinski definition) is 5. The second-order valence-corrected chi connectivity index (χ2v) is 14.1. The van der Waals surface area contributed by atoms with Crippen LogP contribution in [0, 0.1) is 13.8 Å². The Morgan fingerprint density at radius 3 is 0.782 bits per heavy atom. The molecule has 0 aliphatic rings. The van der Waals surface area contributed by atoms with Crippen molar-refractivity contribution in [3.8, 4) is 56.5 Å². The summed E-state index contributed by atoms with van der Waals surface area (Å²) < 4.78 is 6.28. The molecule has 260 valence electrons. The Morgan fingerprint density at radius 2 is 0.509 bits per heavy atom. The topological polar surface area (TPSA) is 60.8 Å². The number of aryl methyl sites for hydroxylation is 2. The van der Waals surface area contributed by atoms with Gasteiger partial charge in [-0.25, -0.2) is 19.9 Å². The molecule has 0 radical (unpaired) electrons. The third-order valence-corrected chi connectivity index (χ3v) is 10.3. The van der Waals surface area contributed by atoms with E-state index in [0.29, 0.717) is 0 Å². The van der Waals surface area contributed by atoms with Gasteiger partial charge >= 0.3 is 0 Å². The number of hydrogen-bond donors (Lipinski definition) is 0. The third-order valence-electron chi connectivity index (χ3n) is 10.3. The largest absolute Gasteiger partial charge is 0.457 e. The molecule has 5 nitrogen and oxygen atoms in total. The molecule has 0 spiro atoms. The summed E-state index contributed by atoms with van der Waals surface area (Å²) in [5, 5.41) is 4.25. The van der Waals surface area contributed by atoms with E-state index in [2.05, 4.69) is 159 Å². The lowest BCUT2D eigenvalue weighted by Gasteiger charge is -2.10. The lowest BCUT2D eigenvalue weighted by molar-refractivity contribution is 0.483. The fourth-order valence-corrected chi connectivity index (χ4v) is 7.15. The van der Waals surface area contributed by atoms with Crippen LogP contribution in [0.4, 0.5) is 0 Å². The van der Waals surface area contributed by atoms with Crippen molar-refractivity contribution < 1.29 is 4.74 Å². The SMILES string of the molecule is Cc1ccc(-c2ccc3ccc4ccc(-c5ccc(Oc6ccc(-c7ccc8ccc9ccc(-c%10ccc(C)cc%10)nc9c8n7)cc6)cc5)nc4c3n2)cc1. The average Bonchev–Trinajstić information content (AvgIpc) is 3.24. The zero-order valence-corrected chi connectivity index (χ0v) is 30.4. The molecule has 4 heterocycles. The normalized spacial score (nSPS) is 11.5. The maximum absolute atomic E-state index is 6.28. The molecule has 10 rings (SSSR count). The van der Waals surface area contributed by atoms with Crippen molar-refractivity contribution in [2.75, 3.05) is 0 Å². The van der Waals surface area contributed by atoms with Crippen molar-refractivity contribution in [1.29, 1.82) is 0 Å². The predicted octanol–water partition coefficient (Wildman–Crippen LogP) is 13.0. The second-order valence-electron chi connectivity index (χ2n) is 14.1.